The van der Waals surface area contributed by atoms with Gasteiger partial charge in [-0.25, -0.2) is 0 Å². The number of hydrogen-bond acceptors (Lipinski definition) is 4. The zero-order valence-corrected chi connectivity index (χ0v) is 9.53. The molecule has 3 amide bonds. The number of rotatable bonds is 3. The third-order valence-corrected chi connectivity index (χ3v) is 2.57. The van der Waals surface area contributed by atoms with E-state index >= 15 is 0 Å². The van der Waals surface area contributed by atoms with Crippen molar-refractivity contribution in [3.63, 3.8) is 0 Å². The minimum Gasteiger partial charge on any atom is -0.327 e. The number of carbonyl (C=O) groups is 3. The van der Waals surface area contributed by atoms with Gasteiger partial charge in [-0.1, -0.05) is 13.8 Å². The second-order valence-electron chi connectivity index (χ2n) is 4.33. The summed E-state index contributed by atoms with van der Waals surface area (Å²) in [5, 5.41) is 2.14. The van der Waals surface area contributed by atoms with Crippen LogP contribution < -0.4 is 11.1 Å². The highest BCUT2D eigenvalue weighted by molar-refractivity contribution is 6.02. The summed E-state index contributed by atoms with van der Waals surface area (Å²) >= 11 is 0. The van der Waals surface area contributed by atoms with Gasteiger partial charge in [-0.2, -0.15) is 0 Å². The minimum absolute atomic E-state index is 0.0601. The van der Waals surface area contributed by atoms with Gasteiger partial charge in [-0.05, 0) is 5.92 Å². The minimum atomic E-state index is -0.442. The van der Waals surface area contributed by atoms with Crippen molar-refractivity contribution < 1.29 is 14.4 Å². The van der Waals surface area contributed by atoms with Gasteiger partial charge in [0.1, 0.15) is 13.1 Å². The number of nitrogens with two attached hydrogens (primary N) is 1. The van der Waals surface area contributed by atoms with E-state index in [1.54, 1.807) is 0 Å². The van der Waals surface area contributed by atoms with E-state index in [9.17, 15) is 14.4 Å². The summed E-state index contributed by atoms with van der Waals surface area (Å²) in [6.07, 6.45) is 0.165. The van der Waals surface area contributed by atoms with Crippen molar-refractivity contribution in [3.8, 4) is 0 Å². The number of nitrogens with one attached hydrogen (secondary N) is 1. The van der Waals surface area contributed by atoms with Crippen LogP contribution in [0.4, 0.5) is 0 Å². The van der Waals surface area contributed by atoms with Crippen molar-refractivity contribution in [3.05, 3.63) is 0 Å². The van der Waals surface area contributed by atoms with E-state index in [1.165, 1.54) is 4.90 Å². The van der Waals surface area contributed by atoms with Crippen LogP contribution in [0.5, 0.6) is 0 Å². The summed E-state index contributed by atoms with van der Waals surface area (Å²) in [5.74, 6) is -0.937. The van der Waals surface area contributed by atoms with E-state index in [0.717, 1.165) is 0 Å². The molecule has 0 saturated carbocycles. The lowest BCUT2D eigenvalue weighted by molar-refractivity contribution is -0.145. The molecule has 1 fully saturated rings. The van der Waals surface area contributed by atoms with Crippen LogP contribution in [-0.2, 0) is 14.4 Å². The van der Waals surface area contributed by atoms with Gasteiger partial charge in [0.2, 0.25) is 17.7 Å². The van der Waals surface area contributed by atoms with E-state index < -0.39 is 11.8 Å². The number of amides is 3. The Balaban J connectivity index is 2.53. The van der Waals surface area contributed by atoms with E-state index in [4.69, 9.17) is 5.73 Å². The molecule has 3 N–H and O–H groups in total. The fourth-order valence-corrected chi connectivity index (χ4v) is 1.38. The molecule has 0 aromatic heterocycles. The average Bonchev–Trinajstić information content (AvgIpc) is 2.15. The van der Waals surface area contributed by atoms with Gasteiger partial charge in [-0.15, -0.1) is 0 Å². The third kappa shape index (κ3) is 3.30. The average molecular weight is 227 g/mol. The molecule has 1 rings (SSSR count). The third-order valence-electron chi connectivity index (χ3n) is 2.57. The molecule has 0 aromatic carbocycles. The van der Waals surface area contributed by atoms with Gasteiger partial charge < -0.3 is 10.6 Å². The maximum atomic E-state index is 11.7. The van der Waals surface area contributed by atoms with E-state index in [2.05, 4.69) is 5.32 Å². The maximum Gasteiger partial charge on any atom is 0.246 e. The summed E-state index contributed by atoms with van der Waals surface area (Å²) in [4.78, 5) is 35.1. The van der Waals surface area contributed by atoms with E-state index in [-0.39, 0.29) is 37.4 Å². The Hall–Kier alpha value is -1.43. The maximum absolute atomic E-state index is 11.7. The van der Waals surface area contributed by atoms with Gasteiger partial charge in [0.05, 0.1) is 0 Å². The van der Waals surface area contributed by atoms with Gasteiger partial charge in [-0.3, -0.25) is 19.7 Å². The zero-order valence-electron chi connectivity index (χ0n) is 9.53. The van der Waals surface area contributed by atoms with Crippen LogP contribution in [0.25, 0.3) is 0 Å². The van der Waals surface area contributed by atoms with Crippen LogP contribution in [0, 0.1) is 5.92 Å². The monoisotopic (exact) mass is 227 g/mol. The van der Waals surface area contributed by atoms with E-state index in [1.807, 2.05) is 13.8 Å². The molecule has 0 radical (unpaired) electrons. The molecule has 90 valence electrons. The molecular weight excluding hydrogens is 210 g/mol. The fourth-order valence-electron chi connectivity index (χ4n) is 1.38. The molecule has 1 aliphatic heterocycles. The molecule has 0 bridgehead atoms. The summed E-state index contributed by atoms with van der Waals surface area (Å²) in [6.45, 7) is 3.72. The number of nitrogens with zero attached hydrogens (tertiary/aromatic N) is 1. The zero-order chi connectivity index (χ0) is 12.3. The van der Waals surface area contributed by atoms with Crippen LogP contribution in [-0.4, -0.2) is 41.8 Å². The molecule has 1 saturated heterocycles. The van der Waals surface area contributed by atoms with Gasteiger partial charge in [0.25, 0.3) is 0 Å². The van der Waals surface area contributed by atoms with Gasteiger partial charge >= 0.3 is 0 Å². The first-order chi connectivity index (χ1) is 7.40. The summed E-state index contributed by atoms with van der Waals surface area (Å²) in [5.41, 5.74) is 5.76. The lowest BCUT2D eigenvalue weighted by Crippen LogP contribution is -2.54. The Labute approximate surface area is 94.2 Å². The molecule has 1 unspecified atom stereocenters. The Morgan fingerprint density at radius 1 is 1.38 bits per heavy atom. The predicted octanol–water partition coefficient (Wildman–Crippen LogP) is -1.16. The van der Waals surface area contributed by atoms with Gasteiger partial charge in [0.15, 0.2) is 0 Å². The molecular formula is C10H17N3O3. The van der Waals surface area contributed by atoms with Crippen molar-refractivity contribution in [1.82, 2.24) is 10.2 Å². The predicted molar refractivity (Wildman–Crippen MR) is 57.2 cm³/mol. The number of imide groups is 1. The largest absolute Gasteiger partial charge is 0.327 e. The molecule has 6 nitrogen and oxygen atoms in total. The molecule has 6 heteroatoms. The van der Waals surface area contributed by atoms with Crippen molar-refractivity contribution in [2.75, 3.05) is 13.1 Å². The van der Waals surface area contributed by atoms with Crippen LogP contribution >= 0.6 is 0 Å². The highest BCUT2D eigenvalue weighted by Crippen LogP contribution is 2.06. The number of hydrogen-bond donors (Lipinski definition) is 2. The first-order valence-electron chi connectivity index (χ1n) is 5.26. The first-order valence-corrected chi connectivity index (χ1v) is 5.26. The second-order valence-corrected chi connectivity index (χ2v) is 4.33. The van der Waals surface area contributed by atoms with Crippen LogP contribution in [0.2, 0.25) is 0 Å². The first kappa shape index (κ1) is 12.6. The number of piperazine rings is 1. The van der Waals surface area contributed by atoms with Crippen LogP contribution in [0.15, 0.2) is 0 Å². The highest BCUT2D eigenvalue weighted by atomic mass is 16.2. The molecule has 1 aliphatic rings. The summed E-state index contributed by atoms with van der Waals surface area (Å²) in [7, 11) is 0. The van der Waals surface area contributed by atoms with Crippen molar-refractivity contribution >= 4 is 17.7 Å². The molecule has 0 aromatic rings. The Bertz CT molecular complexity index is 298. The Morgan fingerprint density at radius 2 is 1.88 bits per heavy atom. The summed E-state index contributed by atoms with van der Waals surface area (Å²) in [6, 6.07) is -0.243. The standard InChI is InChI=1S/C10H17N3O3/c1-6(2)7(11)3-10(16)13-4-8(14)12-9(15)5-13/h6-7H,3-5,11H2,1-2H3,(H,12,14,15). The smallest absolute Gasteiger partial charge is 0.246 e. The molecule has 1 heterocycles. The topological polar surface area (TPSA) is 92.5 Å². The molecule has 1 atom stereocenters. The Kier molecular flexibility index (Phi) is 4.00. The van der Waals surface area contributed by atoms with Crippen molar-refractivity contribution in [2.45, 2.75) is 26.3 Å². The quantitative estimate of drug-likeness (QED) is 0.595. The molecule has 0 spiro atoms. The lowest BCUT2D eigenvalue weighted by atomic mass is 10.0. The molecule has 0 aliphatic carbocycles. The van der Waals surface area contributed by atoms with Crippen LogP contribution in [0.3, 0.4) is 0 Å². The van der Waals surface area contributed by atoms with E-state index in [0.29, 0.717) is 0 Å². The Morgan fingerprint density at radius 3 is 2.31 bits per heavy atom. The van der Waals surface area contributed by atoms with Crippen molar-refractivity contribution in [2.24, 2.45) is 11.7 Å². The van der Waals surface area contributed by atoms with Gasteiger partial charge in [0, 0.05) is 12.5 Å². The fraction of sp³-hybridized carbons (Fsp3) is 0.700. The van der Waals surface area contributed by atoms with Crippen LogP contribution in [0.1, 0.15) is 20.3 Å². The highest BCUT2D eigenvalue weighted by Gasteiger charge is 2.27. The molecule has 16 heavy (non-hydrogen) atoms. The summed E-state index contributed by atoms with van der Waals surface area (Å²) < 4.78 is 0. The normalized spacial score (nSPS) is 18.6. The number of carbonyl (C=O) groups excluding carboxylic acids is 3. The lowest BCUT2D eigenvalue weighted by Gasteiger charge is -2.27. The second kappa shape index (κ2) is 5.07. The SMILES string of the molecule is CC(C)C(N)CC(=O)N1CC(=O)NC(=O)C1. The van der Waals surface area contributed by atoms with Crippen molar-refractivity contribution in [1.29, 1.82) is 0 Å².